The Morgan fingerprint density at radius 3 is 2.33 bits per heavy atom. The molecule has 2 aromatic rings. The molecule has 0 saturated heterocycles. The van der Waals surface area contributed by atoms with Crippen LogP contribution in [0, 0.1) is 17.0 Å². The molecule has 3 rings (SSSR count). The Morgan fingerprint density at radius 1 is 1.12 bits per heavy atom. The Hall–Kier alpha value is -3.16. The van der Waals surface area contributed by atoms with Crippen LogP contribution >= 0.6 is 0 Å². The van der Waals surface area contributed by atoms with Crippen molar-refractivity contribution in [3.8, 4) is 0 Å². The van der Waals surface area contributed by atoms with Crippen LogP contribution in [0.15, 0.2) is 40.3 Å². The van der Waals surface area contributed by atoms with Gasteiger partial charge in [-0.15, -0.1) is 0 Å². The molecule has 122 valence electrons. The SMILES string of the molecule is Cc1nc(C2(C)N=CC=N2)nc(N(C)c2ccccc2)c1[N+](=O)[O-]. The molecular weight excluding hydrogens is 308 g/mol. The lowest BCUT2D eigenvalue weighted by atomic mass is 10.2. The van der Waals surface area contributed by atoms with Crippen molar-refractivity contribution in [2.45, 2.75) is 19.5 Å². The van der Waals surface area contributed by atoms with Crippen molar-refractivity contribution in [2.75, 3.05) is 11.9 Å². The number of hydrogen-bond donors (Lipinski definition) is 0. The molecule has 0 spiro atoms. The van der Waals surface area contributed by atoms with Crippen molar-refractivity contribution in [3.63, 3.8) is 0 Å². The fourth-order valence-electron chi connectivity index (χ4n) is 2.49. The van der Waals surface area contributed by atoms with E-state index in [-0.39, 0.29) is 17.2 Å². The molecule has 0 bridgehead atoms. The predicted octanol–water partition coefficient (Wildman–Crippen LogP) is 2.79. The molecule has 0 radical (unpaired) electrons. The first-order valence-electron chi connectivity index (χ1n) is 7.34. The summed E-state index contributed by atoms with van der Waals surface area (Å²) in [5, 5.41) is 11.5. The molecule has 2 heterocycles. The molecule has 1 aromatic heterocycles. The average molecular weight is 324 g/mol. The third kappa shape index (κ3) is 2.62. The molecule has 0 saturated carbocycles. The van der Waals surface area contributed by atoms with Crippen LogP contribution in [0.3, 0.4) is 0 Å². The van der Waals surface area contributed by atoms with Gasteiger partial charge in [-0.3, -0.25) is 20.1 Å². The maximum absolute atomic E-state index is 11.5. The van der Waals surface area contributed by atoms with Gasteiger partial charge in [-0.2, -0.15) is 0 Å². The van der Waals surface area contributed by atoms with E-state index in [1.807, 2.05) is 30.3 Å². The third-order valence-electron chi connectivity index (χ3n) is 3.83. The molecule has 8 heteroatoms. The van der Waals surface area contributed by atoms with Gasteiger partial charge in [0.25, 0.3) is 0 Å². The Morgan fingerprint density at radius 2 is 1.75 bits per heavy atom. The van der Waals surface area contributed by atoms with E-state index in [1.165, 1.54) is 0 Å². The zero-order chi connectivity index (χ0) is 17.3. The van der Waals surface area contributed by atoms with Crippen LogP contribution in [0.2, 0.25) is 0 Å². The highest BCUT2D eigenvalue weighted by atomic mass is 16.6. The summed E-state index contributed by atoms with van der Waals surface area (Å²) in [6, 6.07) is 9.31. The lowest BCUT2D eigenvalue weighted by Crippen LogP contribution is -2.22. The maximum atomic E-state index is 11.5. The van der Waals surface area contributed by atoms with Gasteiger partial charge in [-0.1, -0.05) is 18.2 Å². The molecule has 0 aliphatic carbocycles. The molecule has 0 unspecified atom stereocenters. The molecule has 0 atom stereocenters. The van der Waals surface area contributed by atoms with Gasteiger partial charge in [-0.05, 0) is 26.0 Å². The van der Waals surface area contributed by atoms with E-state index in [0.717, 1.165) is 5.69 Å². The van der Waals surface area contributed by atoms with Crippen LogP contribution in [0.4, 0.5) is 17.2 Å². The van der Waals surface area contributed by atoms with Crippen molar-refractivity contribution in [1.82, 2.24) is 9.97 Å². The standard InChI is InChI=1S/C16H16N6O2/c1-11-13(22(23)24)14(21(3)12-7-5-4-6-8-12)20-15(19-11)16(2)17-9-10-18-16/h4-10H,1-3H3. The Labute approximate surface area is 138 Å². The van der Waals surface area contributed by atoms with E-state index < -0.39 is 10.6 Å². The first-order chi connectivity index (χ1) is 11.4. The summed E-state index contributed by atoms with van der Waals surface area (Å²) in [6.45, 7) is 3.36. The monoisotopic (exact) mass is 324 g/mol. The normalized spacial score (nSPS) is 14.8. The summed E-state index contributed by atoms with van der Waals surface area (Å²) < 4.78 is 0. The van der Waals surface area contributed by atoms with Crippen molar-refractivity contribution >= 4 is 29.6 Å². The van der Waals surface area contributed by atoms with E-state index >= 15 is 0 Å². The largest absolute Gasteiger partial charge is 0.332 e. The van der Waals surface area contributed by atoms with Crippen LogP contribution in [0.5, 0.6) is 0 Å². The van der Waals surface area contributed by atoms with Crippen LogP contribution in [0.1, 0.15) is 18.4 Å². The highest BCUT2D eigenvalue weighted by Gasteiger charge is 2.34. The van der Waals surface area contributed by atoms with Gasteiger partial charge in [-0.25, -0.2) is 9.97 Å². The summed E-state index contributed by atoms with van der Waals surface area (Å²) in [5.41, 5.74) is -0.0131. The smallest absolute Gasteiger partial charge is 0.324 e. The average Bonchev–Trinajstić information content (AvgIpc) is 3.02. The van der Waals surface area contributed by atoms with Gasteiger partial charge in [0.1, 0.15) is 5.69 Å². The number of aryl methyl sites for hydroxylation is 1. The Bertz CT molecular complexity index is 835. The lowest BCUT2D eigenvalue weighted by molar-refractivity contribution is -0.385. The molecule has 1 aliphatic rings. The molecular formula is C16H16N6O2. The van der Waals surface area contributed by atoms with Crippen molar-refractivity contribution < 1.29 is 4.92 Å². The molecule has 8 nitrogen and oxygen atoms in total. The highest BCUT2D eigenvalue weighted by Crippen LogP contribution is 2.35. The third-order valence-corrected chi connectivity index (χ3v) is 3.83. The van der Waals surface area contributed by atoms with E-state index in [2.05, 4.69) is 20.0 Å². The summed E-state index contributed by atoms with van der Waals surface area (Å²) >= 11 is 0. The number of nitrogens with zero attached hydrogens (tertiary/aromatic N) is 6. The topological polar surface area (TPSA) is 96.9 Å². The van der Waals surface area contributed by atoms with Gasteiger partial charge in [0.05, 0.1) is 4.92 Å². The van der Waals surface area contributed by atoms with E-state index in [1.54, 1.807) is 38.2 Å². The van der Waals surface area contributed by atoms with Crippen LogP contribution in [-0.2, 0) is 5.66 Å². The van der Waals surface area contributed by atoms with E-state index in [9.17, 15) is 10.1 Å². The molecule has 0 fully saturated rings. The van der Waals surface area contributed by atoms with Crippen LogP contribution in [-0.4, -0.2) is 34.4 Å². The first-order valence-corrected chi connectivity index (χ1v) is 7.34. The predicted molar refractivity (Wildman–Crippen MR) is 92.3 cm³/mol. The van der Waals surface area contributed by atoms with Gasteiger partial charge in [0.2, 0.25) is 11.5 Å². The van der Waals surface area contributed by atoms with Crippen molar-refractivity contribution in [3.05, 3.63) is 52.0 Å². The van der Waals surface area contributed by atoms with Crippen molar-refractivity contribution in [1.29, 1.82) is 0 Å². The first kappa shape index (κ1) is 15.7. The summed E-state index contributed by atoms with van der Waals surface area (Å²) in [6.07, 6.45) is 3.14. The fourth-order valence-corrected chi connectivity index (χ4v) is 2.49. The molecule has 0 amide bonds. The van der Waals surface area contributed by atoms with Gasteiger partial charge >= 0.3 is 5.69 Å². The summed E-state index contributed by atoms with van der Waals surface area (Å²) in [5.74, 6) is 0.542. The quantitative estimate of drug-likeness (QED) is 0.636. The van der Waals surface area contributed by atoms with Crippen LogP contribution < -0.4 is 4.90 Å². The van der Waals surface area contributed by atoms with Gasteiger partial charge in [0, 0.05) is 25.2 Å². The number of aromatic nitrogens is 2. The highest BCUT2D eigenvalue weighted by molar-refractivity contribution is 6.17. The Balaban J connectivity index is 2.19. The number of rotatable bonds is 4. The minimum Gasteiger partial charge on any atom is -0.324 e. The van der Waals surface area contributed by atoms with Gasteiger partial charge in [0.15, 0.2) is 5.82 Å². The number of hydrogen-bond acceptors (Lipinski definition) is 7. The van der Waals surface area contributed by atoms with Crippen LogP contribution in [0.25, 0.3) is 0 Å². The maximum Gasteiger partial charge on any atom is 0.332 e. The molecule has 1 aliphatic heterocycles. The zero-order valence-electron chi connectivity index (χ0n) is 13.5. The summed E-state index contributed by atoms with van der Waals surface area (Å²) in [4.78, 5) is 30.0. The lowest BCUT2D eigenvalue weighted by Gasteiger charge is -2.22. The zero-order valence-corrected chi connectivity index (χ0v) is 13.5. The number of nitro groups is 1. The van der Waals surface area contributed by atoms with Gasteiger partial charge < -0.3 is 4.90 Å². The second kappa shape index (κ2) is 5.80. The fraction of sp³-hybridized carbons (Fsp3) is 0.250. The molecule has 0 N–H and O–H groups in total. The Kier molecular flexibility index (Phi) is 3.80. The van der Waals surface area contributed by atoms with E-state index in [0.29, 0.717) is 5.82 Å². The molecule has 24 heavy (non-hydrogen) atoms. The second-order valence-electron chi connectivity index (χ2n) is 5.53. The molecule has 1 aromatic carbocycles. The number of aliphatic imine (C=N–C) groups is 2. The second-order valence-corrected chi connectivity index (χ2v) is 5.53. The number of anilines is 2. The summed E-state index contributed by atoms with van der Waals surface area (Å²) in [7, 11) is 1.73. The number of para-hydroxylation sites is 1. The van der Waals surface area contributed by atoms with Crippen molar-refractivity contribution in [2.24, 2.45) is 9.98 Å². The number of benzene rings is 1. The van der Waals surface area contributed by atoms with E-state index in [4.69, 9.17) is 0 Å². The minimum absolute atomic E-state index is 0.125. The minimum atomic E-state index is -0.952.